The monoisotopic (exact) mass is 319 g/mol. The maximum Gasteiger partial charge on any atom is 0.140 e. The number of nitrogen functional groups attached to an aromatic ring is 1. The van der Waals surface area contributed by atoms with Gasteiger partial charge in [-0.3, -0.25) is 0 Å². The lowest BCUT2D eigenvalue weighted by molar-refractivity contribution is 0.629. The first kappa shape index (κ1) is 12.2. The number of imidazole rings is 1. The molecule has 1 heterocycles. The quantitative estimate of drug-likeness (QED) is 0.695. The molecule has 0 aliphatic rings. The van der Waals surface area contributed by atoms with E-state index in [0.717, 1.165) is 21.4 Å². The van der Waals surface area contributed by atoms with Gasteiger partial charge in [-0.25, -0.2) is 9.37 Å². The van der Waals surface area contributed by atoms with Crippen LogP contribution in [0.25, 0.3) is 22.4 Å². The lowest BCUT2D eigenvalue weighted by Crippen LogP contribution is -1.93. The van der Waals surface area contributed by atoms with E-state index in [1.165, 1.54) is 12.1 Å². The average molecular weight is 320 g/mol. The average Bonchev–Trinajstić information content (AvgIpc) is 2.70. The van der Waals surface area contributed by atoms with Crippen LogP contribution >= 0.6 is 15.9 Å². The largest absolute Gasteiger partial charge is 0.398 e. The van der Waals surface area contributed by atoms with Gasteiger partial charge in [0.15, 0.2) is 0 Å². The summed E-state index contributed by atoms with van der Waals surface area (Å²) in [5.74, 6) is 0.497. The Labute approximate surface area is 118 Å². The molecule has 0 saturated carbocycles. The molecular weight excluding hydrogens is 309 g/mol. The summed E-state index contributed by atoms with van der Waals surface area (Å²) < 4.78 is 16.0. The molecule has 0 unspecified atom stereocenters. The molecule has 3 nitrogen and oxygen atoms in total. The summed E-state index contributed by atoms with van der Waals surface area (Å²) in [7, 11) is 1.91. The first-order chi connectivity index (χ1) is 9.06. The number of hydrogen-bond acceptors (Lipinski definition) is 2. The van der Waals surface area contributed by atoms with Gasteiger partial charge in [0.05, 0.1) is 11.0 Å². The molecule has 2 N–H and O–H groups in total. The van der Waals surface area contributed by atoms with E-state index in [-0.39, 0.29) is 5.82 Å². The van der Waals surface area contributed by atoms with E-state index in [4.69, 9.17) is 5.73 Å². The zero-order valence-electron chi connectivity index (χ0n) is 10.2. The molecule has 5 heteroatoms. The molecule has 3 aromatic rings. The third-order valence-electron chi connectivity index (χ3n) is 3.10. The SMILES string of the molecule is Cn1c(-c2ccc(N)c(Br)c2)nc2cc(F)ccc21. The highest BCUT2D eigenvalue weighted by Gasteiger charge is 2.11. The molecular formula is C14H11BrFN3. The molecule has 0 aliphatic carbocycles. The molecule has 0 fully saturated rings. The molecule has 1 aromatic heterocycles. The van der Waals surface area contributed by atoms with Gasteiger partial charge in [-0.2, -0.15) is 0 Å². The lowest BCUT2D eigenvalue weighted by Gasteiger charge is -2.04. The topological polar surface area (TPSA) is 43.8 Å². The van der Waals surface area contributed by atoms with E-state index in [0.29, 0.717) is 11.2 Å². The molecule has 0 amide bonds. The van der Waals surface area contributed by atoms with Crippen molar-refractivity contribution in [1.82, 2.24) is 9.55 Å². The van der Waals surface area contributed by atoms with Gasteiger partial charge in [-0.1, -0.05) is 0 Å². The molecule has 2 aromatic carbocycles. The summed E-state index contributed by atoms with van der Waals surface area (Å²) in [6.45, 7) is 0. The Hall–Kier alpha value is -1.88. The van der Waals surface area contributed by atoms with Crippen LogP contribution in [-0.4, -0.2) is 9.55 Å². The number of fused-ring (bicyclic) bond motifs is 1. The third kappa shape index (κ3) is 2.00. The van der Waals surface area contributed by atoms with E-state index in [1.54, 1.807) is 6.07 Å². The highest BCUT2D eigenvalue weighted by molar-refractivity contribution is 9.10. The van der Waals surface area contributed by atoms with E-state index in [9.17, 15) is 4.39 Å². The lowest BCUT2D eigenvalue weighted by atomic mass is 10.2. The van der Waals surface area contributed by atoms with Gasteiger partial charge >= 0.3 is 0 Å². The Morgan fingerprint density at radius 1 is 1.21 bits per heavy atom. The Balaban J connectivity index is 2.24. The van der Waals surface area contributed by atoms with E-state index in [1.807, 2.05) is 29.8 Å². The van der Waals surface area contributed by atoms with Crippen molar-refractivity contribution in [2.45, 2.75) is 0 Å². The van der Waals surface area contributed by atoms with Gasteiger partial charge in [0.25, 0.3) is 0 Å². The number of benzene rings is 2. The summed E-state index contributed by atoms with van der Waals surface area (Å²) in [5, 5.41) is 0. The molecule has 3 rings (SSSR count). The second-order valence-electron chi connectivity index (χ2n) is 4.36. The maximum absolute atomic E-state index is 13.2. The van der Waals surface area contributed by atoms with Crippen LogP contribution in [0.15, 0.2) is 40.9 Å². The smallest absolute Gasteiger partial charge is 0.140 e. The first-order valence-corrected chi connectivity index (χ1v) is 6.53. The highest BCUT2D eigenvalue weighted by atomic mass is 79.9. The van der Waals surface area contributed by atoms with Gasteiger partial charge in [0.1, 0.15) is 11.6 Å². The molecule has 0 atom stereocenters. The molecule has 19 heavy (non-hydrogen) atoms. The van der Waals surface area contributed by atoms with Crippen LogP contribution in [0.1, 0.15) is 0 Å². The Kier molecular flexibility index (Phi) is 2.78. The van der Waals surface area contributed by atoms with Gasteiger partial charge in [-0.05, 0) is 46.3 Å². The number of nitrogens with two attached hydrogens (primary N) is 1. The zero-order valence-corrected chi connectivity index (χ0v) is 11.8. The fourth-order valence-electron chi connectivity index (χ4n) is 2.10. The Bertz CT molecular complexity index is 780. The number of aryl methyl sites for hydroxylation is 1. The van der Waals surface area contributed by atoms with Crippen molar-refractivity contribution < 1.29 is 4.39 Å². The fraction of sp³-hybridized carbons (Fsp3) is 0.0714. The molecule has 0 radical (unpaired) electrons. The maximum atomic E-state index is 13.2. The molecule has 0 saturated heterocycles. The van der Waals surface area contributed by atoms with E-state index in [2.05, 4.69) is 20.9 Å². The molecule has 96 valence electrons. The van der Waals surface area contributed by atoms with Gasteiger partial charge in [-0.15, -0.1) is 0 Å². The predicted molar refractivity (Wildman–Crippen MR) is 78.2 cm³/mol. The van der Waals surface area contributed by atoms with Crippen molar-refractivity contribution in [3.63, 3.8) is 0 Å². The molecule has 0 aliphatic heterocycles. The van der Waals surface area contributed by atoms with Crippen molar-refractivity contribution in [3.05, 3.63) is 46.7 Å². The predicted octanol–water partition coefficient (Wildman–Crippen LogP) is 3.72. The number of halogens is 2. The second-order valence-corrected chi connectivity index (χ2v) is 5.22. The van der Waals surface area contributed by atoms with Crippen molar-refractivity contribution in [2.75, 3.05) is 5.73 Å². The number of anilines is 1. The van der Waals surface area contributed by atoms with Crippen molar-refractivity contribution in [3.8, 4) is 11.4 Å². The number of nitrogens with zero attached hydrogens (tertiary/aromatic N) is 2. The van der Waals surface area contributed by atoms with Crippen molar-refractivity contribution in [1.29, 1.82) is 0 Å². The minimum atomic E-state index is -0.282. The second kappa shape index (κ2) is 4.35. The van der Waals surface area contributed by atoms with Gasteiger partial charge in [0.2, 0.25) is 0 Å². The van der Waals surface area contributed by atoms with Gasteiger partial charge in [0, 0.05) is 28.8 Å². The Morgan fingerprint density at radius 2 is 2.00 bits per heavy atom. The molecule has 0 spiro atoms. The standard InChI is InChI=1S/C14H11BrFN3/c1-19-13-5-3-9(16)7-12(13)18-14(19)8-2-4-11(17)10(15)6-8/h2-7H,17H2,1H3. The number of aromatic nitrogens is 2. The van der Waals surface area contributed by atoms with Crippen molar-refractivity contribution in [2.24, 2.45) is 7.05 Å². The Morgan fingerprint density at radius 3 is 2.74 bits per heavy atom. The first-order valence-electron chi connectivity index (χ1n) is 5.73. The zero-order chi connectivity index (χ0) is 13.6. The van der Waals surface area contributed by atoms with E-state index < -0.39 is 0 Å². The van der Waals surface area contributed by atoms with Gasteiger partial charge < -0.3 is 10.3 Å². The summed E-state index contributed by atoms with van der Waals surface area (Å²) in [6.07, 6.45) is 0. The molecule has 0 bridgehead atoms. The summed E-state index contributed by atoms with van der Waals surface area (Å²) in [4.78, 5) is 4.48. The summed E-state index contributed by atoms with van der Waals surface area (Å²) in [5.41, 5.74) is 8.92. The summed E-state index contributed by atoms with van der Waals surface area (Å²) >= 11 is 3.40. The minimum Gasteiger partial charge on any atom is -0.398 e. The number of rotatable bonds is 1. The summed E-state index contributed by atoms with van der Waals surface area (Å²) in [6, 6.07) is 10.2. The van der Waals surface area contributed by atoms with Crippen LogP contribution in [-0.2, 0) is 7.05 Å². The van der Waals surface area contributed by atoms with Crippen LogP contribution in [0.3, 0.4) is 0 Å². The van der Waals surface area contributed by atoms with Crippen LogP contribution < -0.4 is 5.73 Å². The van der Waals surface area contributed by atoms with Crippen LogP contribution in [0.2, 0.25) is 0 Å². The van der Waals surface area contributed by atoms with Crippen LogP contribution in [0.5, 0.6) is 0 Å². The highest BCUT2D eigenvalue weighted by Crippen LogP contribution is 2.29. The van der Waals surface area contributed by atoms with Crippen molar-refractivity contribution >= 4 is 32.7 Å². The fourth-order valence-corrected chi connectivity index (χ4v) is 2.48. The van der Waals surface area contributed by atoms with E-state index >= 15 is 0 Å². The third-order valence-corrected chi connectivity index (χ3v) is 3.79. The normalized spacial score (nSPS) is 11.1. The number of hydrogen-bond donors (Lipinski definition) is 1. The van der Waals surface area contributed by atoms with Crippen LogP contribution in [0.4, 0.5) is 10.1 Å². The minimum absolute atomic E-state index is 0.282. The van der Waals surface area contributed by atoms with Crippen LogP contribution in [0, 0.1) is 5.82 Å².